The van der Waals surface area contributed by atoms with Crippen LogP contribution in [0.4, 0.5) is 5.82 Å². The second-order valence-electron chi connectivity index (χ2n) is 3.55. The van der Waals surface area contributed by atoms with Crippen LogP contribution >= 0.6 is 0 Å². The monoisotopic (exact) mass is 223 g/mol. The van der Waals surface area contributed by atoms with Gasteiger partial charge in [-0.15, -0.1) is 0 Å². The molecule has 1 N–H and O–H groups in total. The van der Waals surface area contributed by atoms with Crippen molar-refractivity contribution in [3.05, 3.63) is 18.1 Å². The zero-order valence-electron chi connectivity index (χ0n) is 9.68. The molecule has 0 radical (unpaired) electrons. The number of carboxylic acids is 1. The minimum absolute atomic E-state index is 0.0169. The number of anilines is 1. The number of aromatic nitrogens is 2. The summed E-state index contributed by atoms with van der Waals surface area (Å²) in [6.45, 7) is 6.02. The normalized spacial score (nSPS) is 10.1. The summed E-state index contributed by atoms with van der Waals surface area (Å²) in [7, 11) is 0. The van der Waals surface area contributed by atoms with Crippen LogP contribution in [0.2, 0.25) is 0 Å². The van der Waals surface area contributed by atoms with Gasteiger partial charge in [0.05, 0.1) is 12.4 Å². The molecular formula is C11H17N3O2. The van der Waals surface area contributed by atoms with Gasteiger partial charge in [0, 0.05) is 13.1 Å². The van der Waals surface area contributed by atoms with Crippen LogP contribution in [0.3, 0.4) is 0 Å². The van der Waals surface area contributed by atoms with Crippen molar-refractivity contribution >= 4 is 11.8 Å². The molecule has 1 heterocycles. The van der Waals surface area contributed by atoms with Crippen molar-refractivity contribution in [2.24, 2.45) is 0 Å². The minimum atomic E-state index is -1.04. The van der Waals surface area contributed by atoms with Crippen LogP contribution in [0, 0.1) is 0 Å². The molecular weight excluding hydrogens is 206 g/mol. The third-order valence-electron chi connectivity index (χ3n) is 2.17. The Morgan fingerprint density at radius 3 is 2.25 bits per heavy atom. The Kier molecular flexibility index (Phi) is 4.69. The minimum Gasteiger partial charge on any atom is -0.476 e. The fraction of sp³-hybridized carbons (Fsp3) is 0.545. The summed E-state index contributed by atoms with van der Waals surface area (Å²) >= 11 is 0. The van der Waals surface area contributed by atoms with E-state index in [1.54, 1.807) is 0 Å². The number of carboxylic acid groups (broad SMARTS) is 1. The molecule has 1 aromatic heterocycles. The zero-order chi connectivity index (χ0) is 12.0. The van der Waals surface area contributed by atoms with Gasteiger partial charge in [0.1, 0.15) is 5.82 Å². The van der Waals surface area contributed by atoms with Crippen LogP contribution < -0.4 is 4.90 Å². The molecule has 1 aromatic rings. The van der Waals surface area contributed by atoms with Crippen LogP contribution in [0.15, 0.2) is 12.4 Å². The van der Waals surface area contributed by atoms with E-state index < -0.39 is 5.97 Å². The molecule has 5 nitrogen and oxygen atoms in total. The molecule has 1 rings (SSSR count). The second kappa shape index (κ2) is 6.05. The summed E-state index contributed by atoms with van der Waals surface area (Å²) in [5, 5.41) is 8.70. The summed E-state index contributed by atoms with van der Waals surface area (Å²) < 4.78 is 0. The maximum atomic E-state index is 10.6. The molecule has 0 aromatic carbocycles. The molecule has 0 fully saturated rings. The van der Waals surface area contributed by atoms with Crippen molar-refractivity contribution in [1.82, 2.24) is 9.97 Å². The van der Waals surface area contributed by atoms with Gasteiger partial charge in [-0.1, -0.05) is 13.8 Å². The molecule has 0 unspecified atom stereocenters. The Bertz CT molecular complexity index is 332. The number of aromatic carboxylic acids is 1. The number of hydrogen-bond donors (Lipinski definition) is 1. The average molecular weight is 223 g/mol. The van der Waals surface area contributed by atoms with E-state index in [0.29, 0.717) is 0 Å². The lowest BCUT2D eigenvalue weighted by Gasteiger charge is -2.21. The summed E-state index contributed by atoms with van der Waals surface area (Å²) in [6.07, 6.45) is 4.88. The van der Waals surface area contributed by atoms with Crippen LogP contribution in [0.1, 0.15) is 37.2 Å². The van der Waals surface area contributed by atoms with Gasteiger partial charge in [0.25, 0.3) is 0 Å². The first-order valence-corrected chi connectivity index (χ1v) is 5.49. The highest BCUT2D eigenvalue weighted by atomic mass is 16.4. The van der Waals surface area contributed by atoms with Crippen LogP contribution in [-0.4, -0.2) is 34.1 Å². The van der Waals surface area contributed by atoms with Crippen molar-refractivity contribution < 1.29 is 9.90 Å². The summed E-state index contributed by atoms with van der Waals surface area (Å²) in [4.78, 5) is 20.7. The van der Waals surface area contributed by atoms with E-state index in [-0.39, 0.29) is 5.69 Å². The Morgan fingerprint density at radius 2 is 1.88 bits per heavy atom. The predicted molar refractivity (Wildman–Crippen MR) is 61.8 cm³/mol. The van der Waals surface area contributed by atoms with Crippen molar-refractivity contribution in [3.8, 4) is 0 Å². The Hall–Kier alpha value is -1.65. The first kappa shape index (κ1) is 12.4. The highest BCUT2D eigenvalue weighted by Gasteiger charge is 2.09. The molecule has 0 spiro atoms. The molecule has 0 amide bonds. The van der Waals surface area contributed by atoms with E-state index >= 15 is 0 Å². The lowest BCUT2D eigenvalue weighted by Crippen LogP contribution is -2.26. The molecule has 0 aliphatic rings. The van der Waals surface area contributed by atoms with Gasteiger partial charge in [0.2, 0.25) is 0 Å². The van der Waals surface area contributed by atoms with Crippen LogP contribution in [-0.2, 0) is 0 Å². The molecule has 16 heavy (non-hydrogen) atoms. The molecule has 5 heteroatoms. The quantitative estimate of drug-likeness (QED) is 0.796. The first-order chi connectivity index (χ1) is 7.69. The van der Waals surface area contributed by atoms with E-state index in [2.05, 4.69) is 28.7 Å². The lowest BCUT2D eigenvalue weighted by atomic mass is 10.3. The fourth-order valence-electron chi connectivity index (χ4n) is 1.48. The molecule has 0 aliphatic carbocycles. The molecule has 0 atom stereocenters. The van der Waals surface area contributed by atoms with E-state index in [1.807, 2.05) is 0 Å². The summed E-state index contributed by atoms with van der Waals surface area (Å²) in [5.41, 5.74) is -0.0169. The average Bonchev–Trinajstić information content (AvgIpc) is 2.29. The van der Waals surface area contributed by atoms with Gasteiger partial charge < -0.3 is 10.0 Å². The van der Waals surface area contributed by atoms with Gasteiger partial charge in [-0.25, -0.2) is 14.8 Å². The van der Waals surface area contributed by atoms with Gasteiger partial charge in [-0.05, 0) is 12.8 Å². The number of carbonyl (C=O) groups is 1. The van der Waals surface area contributed by atoms with Gasteiger partial charge in [0.15, 0.2) is 5.69 Å². The zero-order valence-corrected chi connectivity index (χ0v) is 9.68. The summed E-state index contributed by atoms with van der Waals surface area (Å²) in [5.74, 6) is -0.301. The van der Waals surface area contributed by atoms with Gasteiger partial charge in [-0.2, -0.15) is 0 Å². The highest BCUT2D eigenvalue weighted by molar-refractivity contribution is 5.84. The molecule has 0 saturated carbocycles. The third-order valence-corrected chi connectivity index (χ3v) is 2.17. The Morgan fingerprint density at radius 1 is 1.25 bits per heavy atom. The van der Waals surface area contributed by atoms with E-state index in [9.17, 15) is 4.79 Å². The molecule has 0 bridgehead atoms. The number of hydrogen-bond acceptors (Lipinski definition) is 4. The molecule has 88 valence electrons. The fourth-order valence-corrected chi connectivity index (χ4v) is 1.48. The molecule has 0 aliphatic heterocycles. The van der Waals surface area contributed by atoms with E-state index in [1.165, 1.54) is 12.4 Å². The Labute approximate surface area is 95.1 Å². The van der Waals surface area contributed by atoms with Crippen molar-refractivity contribution in [2.45, 2.75) is 26.7 Å². The maximum absolute atomic E-state index is 10.6. The smallest absolute Gasteiger partial charge is 0.356 e. The largest absolute Gasteiger partial charge is 0.476 e. The van der Waals surface area contributed by atoms with Crippen molar-refractivity contribution in [3.63, 3.8) is 0 Å². The topological polar surface area (TPSA) is 66.3 Å². The lowest BCUT2D eigenvalue weighted by molar-refractivity contribution is 0.0690. The van der Waals surface area contributed by atoms with Crippen LogP contribution in [0.25, 0.3) is 0 Å². The van der Waals surface area contributed by atoms with Gasteiger partial charge in [-0.3, -0.25) is 0 Å². The first-order valence-electron chi connectivity index (χ1n) is 5.49. The van der Waals surface area contributed by atoms with E-state index in [0.717, 1.165) is 31.7 Å². The van der Waals surface area contributed by atoms with Crippen LogP contribution in [0.5, 0.6) is 0 Å². The Balaban J connectivity index is 2.80. The van der Waals surface area contributed by atoms with E-state index in [4.69, 9.17) is 5.11 Å². The van der Waals surface area contributed by atoms with Crippen molar-refractivity contribution in [2.75, 3.05) is 18.0 Å². The maximum Gasteiger partial charge on any atom is 0.356 e. The van der Waals surface area contributed by atoms with Crippen molar-refractivity contribution in [1.29, 1.82) is 0 Å². The highest BCUT2D eigenvalue weighted by Crippen LogP contribution is 2.10. The number of nitrogens with zero attached hydrogens (tertiary/aromatic N) is 3. The third kappa shape index (κ3) is 3.18. The summed E-state index contributed by atoms with van der Waals surface area (Å²) in [6, 6.07) is 0. The molecule has 0 saturated heterocycles. The van der Waals surface area contributed by atoms with Gasteiger partial charge >= 0.3 is 5.97 Å². The predicted octanol–water partition coefficient (Wildman–Crippen LogP) is 1.80. The SMILES string of the molecule is CCCN(CCC)c1cnc(C(=O)O)cn1. The number of rotatable bonds is 6. The standard InChI is InChI=1S/C11H17N3O2/c1-3-5-14(6-4-2)10-8-12-9(7-13-10)11(15)16/h7-8H,3-6H2,1-2H3,(H,15,16). The second-order valence-corrected chi connectivity index (χ2v) is 3.55.